The van der Waals surface area contributed by atoms with Crippen LogP contribution in [0.1, 0.15) is 22.6 Å². The molecule has 30 heavy (non-hydrogen) atoms. The van der Waals surface area contributed by atoms with Crippen LogP contribution in [0.5, 0.6) is 0 Å². The minimum absolute atomic E-state index is 0.644. The fraction of sp³-hybridized carbons (Fsp3) is 0.125. The summed E-state index contributed by atoms with van der Waals surface area (Å²) in [6.07, 6.45) is 9.70. The maximum atomic E-state index is 4.88. The molecule has 0 radical (unpaired) electrons. The molecular weight excluding hydrogens is 372 g/mol. The van der Waals surface area contributed by atoms with Gasteiger partial charge in [-0.15, -0.1) is 0 Å². The third-order valence-corrected chi connectivity index (χ3v) is 6.01. The SMILES string of the molecule is CN1C=CN(c2cccc(C3(c4ccn[nH]4)c4ncccc4-c4cccnc43)c2)C1. The topological polar surface area (TPSA) is 60.9 Å². The van der Waals surface area contributed by atoms with Gasteiger partial charge in [0.2, 0.25) is 0 Å². The molecule has 0 unspecified atom stereocenters. The third kappa shape index (κ3) is 2.21. The smallest absolute Gasteiger partial charge is 0.122 e. The zero-order chi connectivity index (χ0) is 20.1. The molecule has 6 nitrogen and oxygen atoms in total. The number of pyridine rings is 2. The fourth-order valence-electron chi connectivity index (χ4n) is 4.72. The number of aromatic nitrogens is 4. The van der Waals surface area contributed by atoms with Crippen LogP contribution in [0.15, 0.2) is 85.6 Å². The quantitative estimate of drug-likeness (QED) is 0.507. The summed E-state index contributed by atoms with van der Waals surface area (Å²) in [5, 5.41) is 7.51. The first-order valence-electron chi connectivity index (χ1n) is 9.95. The van der Waals surface area contributed by atoms with E-state index < -0.39 is 5.41 Å². The second-order valence-corrected chi connectivity index (χ2v) is 7.74. The number of aromatic amines is 1. The summed E-state index contributed by atoms with van der Waals surface area (Å²) in [5.74, 6) is 0. The lowest BCUT2D eigenvalue weighted by Gasteiger charge is -2.30. The average molecular weight is 392 g/mol. The molecule has 2 aliphatic rings. The number of fused-ring (bicyclic) bond motifs is 3. The fourth-order valence-corrected chi connectivity index (χ4v) is 4.72. The average Bonchev–Trinajstić information content (AvgIpc) is 3.52. The maximum Gasteiger partial charge on any atom is 0.122 e. The highest BCUT2D eigenvalue weighted by atomic mass is 15.3. The normalized spacial score (nSPS) is 16.0. The molecule has 0 atom stereocenters. The minimum Gasteiger partial charge on any atom is -0.361 e. The number of benzene rings is 1. The minimum atomic E-state index is -0.644. The second-order valence-electron chi connectivity index (χ2n) is 7.74. The van der Waals surface area contributed by atoms with Gasteiger partial charge in [0.1, 0.15) is 5.41 Å². The van der Waals surface area contributed by atoms with Gasteiger partial charge in [-0.3, -0.25) is 15.1 Å². The summed E-state index contributed by atoms with van der Waals surface area (Å²) >= 11 is 0. The summed E-state index contributed by atoms with van der Waals surface area (Å²) in [6.45, 7) is 0.824. The highest BCUT2D eigenvalue weighted by Crippen LogP contribution is 2.53. The molecule has 6 rings (SSSR count). The van der Waals surface area contributed by atoms with E-state index >= 15 is 0 Å². The van der Waals surface area contributed by atoms with E-state index in [1.807, 2.05) is 30.6 Å². The Kier molecular flexibility index (Phi) is 3.56. The van der Waals surface area contributed by atoms with Crippen LogP contribution in [0, 0.1) is 0 Å². The molecule has 0 bridgehead atoms. The largest absolute Gasteiger partial charge is 0.361 e. The molecule has 1 aromatic carbocycles. The molecule has 0 spiro atoms. The van der Waals surface area contributed by atoms with Crippen LogP contribution in [0.4, 0.5) is 5.69 Å². The molecular formula is C24H20N6. The zero-order valence-corrected chi connectivity index (χ0v) is 16.5. The predicted octanol–water partition coefficient (Wildman–Crippen LogP) is 3.74. The van der Waals surface area contributed by atoms with E-state index in [-0.39, 0.29) is 0 Å². The summed E-state index contributed by atoms with van der Waals surface area (Å²) in [4.78, 5) is 14.1. The standard InChI is InChI=1S/C24H20N6/c1-29-13-14-30(16-29)18-6-2-5-17(15-18)24(21-9-12-27-28-21)22-19(7-3-10-25-22)20-8-4-11-26-23(20)24/h2-15H,16H2,1H3,(H,27,28). The van der Waals surface area contributed by atoms with E-state index in [0.29, 0.717) is 0 Å². The van der Waals surface area contributed by atoms with Crippen LogP contribution in [0.25, 0.3) is 11.1 Å². The monoisotopic (exact) mass is 392 g/mol. The summed E-state index contributed by atoms with van der Waals surface area (Å²) in [5.41, 5.74) is 6.76. The second kappa shape index (κ2) is 6.29. The van der Waals surface area contributed by atoms with Gasteiger partial charge in [-0.1, -0.05) is 24.3 Å². The van der Waals surface area contributed by atoms with E-state index in [2.05, 4.69) is 75.8 Å². The molecule has 0 saturated carbocycles. The first-order chi connectivity index (χ1) is 14.8. The van der Waals surface area contributed by atoms with Crippen molar-refractivity contribution in [1.29, 1.82) is 0 Å². The number of H-pyrrole nitrogens is 1. The van der Waals surface area contributed by atoms with Crippen LogP contribution >= 0.6 is 0 Å². The number of hydrogen-bond acceptors (Lipinski definition) is 5. The summed E-state index contributed by atoms with van der Waals surface area (Å²) < 4.78 is 0. The summed E-state index contributed by atoms with van der Waals surface area (Å²) in [7, 11) is 2.07. The molecule has 0 amide bonds. The van der Waals surface area contributed by atoms with Crippen LogP contribution in [-0.4, -0.2) is 38.8 Å². The Labute approximate surface area is 174 Å². The van der Waals surface area contributed by atoms with Crippen LogP contribution in [0.3, 0.4) is 0 Å². The number of nitrogens with zero attached hydrogens (tertiary/aromatic N) is 5. The van der Waals surface area contributed by atoms with E-state index in [9.17, 15) is 0 Å². The Morgan fingerprint density at radius 3 is 2.27 bits per heavy atom. The van der Waals surface area contributed by atoms with Crippen molar-refractivity contribution in [3.8, 4) is 11.1 Å². The van der Waals surface area contributed by atoms with Crippen molar-refractivity contribution in [2.75, 3.05) is 18.6 Å². The van der Waals surface area contributed by atoms with Crippen molar-refractivity contribution in [3.63, 3.8) is 0 Å². The van der Waals surface area contributed by atoms with Gasteiger partial charge in [0, 0.05) is 54.9 Å². The van der Waals surface area contributed by atoms with Crippen molar-refractivity contribution in [2.24, 2.45) is 0 Å². The zero-order valence-electron chi connectivity index (χ0n) is 16.5. The third-order valence-electron chi connectivity index (χ3n) is 6.01. The molecule has 1 aliphatic carbocycles. The van der Waals surface area contributed by atoms with Crippen molar-refractivity contribution < 1.29 is 0 Å². The molecule has 1 aliphatic heterocycles. The Morgan fingerprint density at radius 2 is 1.63 bits per heavy atom. The Balaban J connectivity index is 1.66. The lowest BCUT2D eigenvalue weighted by atomic mass is 9.74. The van der Waals surface area contributed by atoms with Gasteiger partial charge in [-0.05, 0) is 35.9 Å². The van der Waals surface area contributed by atoms with Gasteiger partial charge < -0.3 is 9.80 Å². The highest BCUT2D eigenvalue weighted by Gasteiger charge is 2.50. The molecule has 1 N–H and O–H groups in total. The molecule has 6 heteroatoms. The summed E-state index contributed by atoms with van der Waals surface area (Å²) in [6, 6.07) is 18.9. The molecule has 0 saturated heterocycles. The van der Waals surface area contributed by atoms with Gasteiger partial charge in [-0.25, -0.2) is 0 Å². The number of rotatable bonds is 3. The van der Waals surface area contributed by atoms with Gasteiger partial charge in [0.05, 0.1) is 23.8 Å². The van der Waals surface area contributed by atoms with Gasteiger partial charge >= 0.3 is 0 Å². The van der Waals surface area contributed by atoms with Gasteiger partial charge in [0.25, 0.3) is 0 Å². The van der Waals surface area contributed by atoms with Crippen LogP contribution in [0.2, 0.25) is 0 Å². The lowest BCUT2D eigenvalue weighted by molar-refractivity contribution is 0.495. The van der Waals surface area contributed by atoms with E-state index in [1.165, 1.54) is 0 Å². The van der Waals surface area contributed by atoms with E-state index in [0.717, 1.165) is 46.1 Å². The predicted molar refractivity (Wildman–Crippen MR) is 116 cm³/mol. The number of nitrogens with one attached hydrogen (secondary N) is 1. The molecule has 4 aromatic rings. The first-order valence-corrected chi connectivity index (χ1v) is 9.95. The van der Waals surface area contributed by atoms with Crippen molar-refractivity contribution in [1.82, 2.24) is 25.1 Å². The molecule has 146 valence electrons. The Bertz CT molecular complexity index is 1210. The molecule has 3 aromatic heterocycles. The van der Waals surface area contributed by atoms with E-state index in [1.54, 1.807) is 6.20 Å². The van der Waals surface area contributed by atoms with Crippen molar-refractivity contribution in [2.45, 2.75) is 5.41 Å². The van der Waals surface area contributed by atoms with E-state index in [4.69, 9.17) is 9.97 Å². The lowest BCUT2D eigenvalue weighted by Crippen LogP contribution is -2.31. The number of hydrogen-bond donors (Lipinski definition) is 1. The van der Waals surface area contributed by atoms with Crippen molar-refractivity contribution in [3.05, 3.63) is 108 Å². The Hall–Kier alpha value is -3.93. The highest BCUT2D eigenvalue weighted by molar-refractivity contribution is 5.83. The van der Waals surface area contributed by atoms with Crippen LogP contribution < -0.4 is 4.90 Å². The molecule has 0 fully saturated rings. The van der Waals surface area contributed by atoms with Crippen LogP contribution in [-0.2, 0) is 5.41 Å². The number of anilines is 1. The van der Waals surface area contributed by atoms with Gasteiger partial charge in [-0.2, -0.15) is 5.10 Å². The Morgan fingerprint density at radius 1 is 0.867 bits per heavy atom. The first kappa shape index (κ1) is 17.0. The molecule has 4 heterocycles. The van der Waals surface area contributed by atoms with Crippen molar-refractivity contribution >= 4 is 5.69 Å². The maximum absolute atomic E-state index is 4.88. The van der Waals surface area contributed by atoms with Gasteiger partial charge in [0.15, 0.2) is 0 Å².